The zero-order valence-corrected chi connectivity index (χ0v) is 18.8. The zero-order chi connectivity index (χ0) is 22.4. The van der Waals surface area contributed by atoms with Crippen molar-refractivity contribution in [2.45, 2.75) is 26.3 Å². The maximum atomic E-state index is 13.6. The van der Waals surface area contributed by atoms with E-state index in [0.717, 1.165) is 27.4 Å². The second-order valence-corrected chi connectivity index (χ2v) is 9.88. The molecule has 0 radical (unpaired) electrons. The number of amides is 2. The Kier molecular flexibility index (Phi) is 5.29. The zero-order valence-electron chi connectivity index (χ0n) is 18.0. The highest BCUT2D eigenvalue weighted by Crippen LogP contribution is 2.50. The van der Waals surface area contributed by atoms with Crippen molar-refractivity contribution in [3.63, 3.8) is 0 Å². The van der Waals surface area contributed by atoms with E-state index in [0.29, 0.717) is 36.2 Å². The molecule has 7 heteroatoms. The Morgan fingerprint density at radius 3 is 2.72 bits per heavy atom. The van der Waals surface area contributed by atoms with Crippen molar-refractivity contribution in [3.05, 3.63) is 76.2 Å². The van der Waals surface area contributed by atoms with Crippen molar-refractivity contribution >= 4 is 23.2 Å². The van der Waals surface area contributed by atoms with Gasteiger partial charge in [-0.1, -0.05) is 29.8 Å². The lowest BCUT2D eigenvalue weighted by molar-refractivity contribution is 0.0690. The van der Waals surface area contributed by atoms with Gasteiger partial charge in [-0.25, -0.2) is 9.37 Å². The minimum absolute atomic E-state index is 0.0516. The minimum Gasteiger partial charge on any atom is -0.350 e. The molecule has 2 aromatic carbocycles. The number of nitrogens with zero attached hydrogens (tertiary/aromatic N) is 2. The number of carbonyl (C=O) groups is 2. The van der Waals surface area contributed by atoms with Crippen molar-refractivity contribution < 1.29 is 14.0 Å². The first kappa shape index (κ1) is 20.8. The number of nitrogens with one attached hydrogen (secondary N) is 1. The Bertz CT molecular complexity index is 1190. The molecule has 1 unspecified atom stereocenters. The topological polar surface area (TPSA) is 62.3 Å². The van der Waals surface area contributed by atoms with Crippen LogP contribution in [0, 0.1) is 31.5 Å². The van der Waals surface area contributed by atoms with Crippen LogP contribution in [0.3, 0.4) is 0 Å². The van der Waals surface area contributed by atoms with Gasteiger partial charge in [0.15, 0.2) is 0 Å². The van der Waals surface area contributed by atoms with Crippen LogP contribution in [-0.4, -0.2) is 40.8 Å². The SMILES string of the molecule is Cc1cccc(-c2sc(C)nc2C(=O)N2C[C@H]3CC3[C@H]2CNC(=O)c2ccc(F)cc2)c1. The van der Waals surface area contributed by atoms with Crippen LogP contribution < -0.4 is 5.32 Å². The van der Waals surface area contributed by atoms with E-state index in [9.17, 15) is 14.0 Å². The van der Waals surface area contributed by atoms with Gasteiger partial charge in [0.25, 0.3) is 11.8 Å². The monoisotopic (exact) mass is 449 g/mol. The van der Waals surface area contributed by atoms with Crippen molar-refractivity contribution in [2.75, 3.05) is 13.1 Å². The van der Waals surface area contributed by atoms with Gasteiger partial charge in [-0.05, 0) is 61.9 Å². The molecule has 1 saturated carbocycles. The number of carbonyl (C=O) groups excluding carboxylic acids is 2. The second-order valence-electron chi connectivity index (χ2n) is 8.68. The van der Waals surface area contributed by atoms with E-state index in [1.807, 2.05) is 36.9 Å². The first-order valence-electron chi connectivity index (χ1n) is 10.8. The standard InChI is InChI=1S/C25H24FN3O2S/c1-14-4-3-5-17(10-14)23-22(28-15(2)32-23)25(31)29-13-18-11-20(18)21(29)12-27-24(30)16-6-8-19(26)9-7-16/h3-10,18,20-21H,11-13H2,1-2H3,(H,27,30)/t18-,20?,21-/m1/s1. The van der Waals surface area contributed by atoms with Crippen LogP contribution in [0.15, 0.2) is 48.5 Å². The molecule has 0 bridgehead atoms. The maximum absolute atomic E-state index is 13.6. The number of halogens is 1. The van der Waals surface area contributed by atoms with Crippen LogP contribution in [0.5, 0.6) is 0 Å². The molecule has 2 heterocycles. The molecule has 5 rings (SSSR count). The molecule has 0 spiro atoms. The number of rotatable bonds is 5. The molecule has 1 aromatic heterocycles. The Labute approximate surface area is 190 Å². The fourth-order valence-corrected chi connectivity index (χ4v) is 5.56. The third-order valence-electron chi connectivity index (χ3n) is 6.36. The van der Waals surface area contributed by atoms with Gasteiger partial charge in [0.05, 0.1) is 15.9 Å². The average Bonchev–Trinajstić information content (AvgIpc) is 3.29. The van der Waals surface area contributed by atoms with Gasteiger partial charge in [-0.15, -0.1) is 11.3 Å². The van der Waals surface area contributed by atoms with Crippen molar-refractivity contribution in [3.8, 4) is 10.4 Å². The fraction of sp³-hybridized carbons (Fsp3) is 0.320. The highest BCUT2D eigenvalue weighted by atomic mass is 32.1. The van der Waals surface area contributed by atoms with Gasteiger partial charge in [0.2, 0.25) is 0 Å². The summed E-state index contributed by atoms with van der Waals surface area (Å²) in [5, 5.41) is 3.80. The Morgan fingerprint density at radius 2 is 1.97 bits per heavy atom. The first-order chi connectivity index (χ1) is 15.4. The molecule has 1 aliphatic carbocycles. The average molecular weight is 450 g/mol. The summed E-state index contributed by atoms with van der Waals surface area (Å²) in [5.41, 5.74) is 3.04. The molecule has 3 atom stereocenters. The van der Waals surface area contributed by atoms with E-state index in [2.05, 4.69) is 16.4 Å². The van der Waals surface area contributed by atoms with Gasteiger partial charge >= 0.3 is 0 Å². The van der Waals surface area contributed by atoms with E-state index < -0.39 is 0 Å². The number of aryl methyl sites for hydroxylation is 2. The molecule has 32 heavy (non-hydrogen) atoms. The third-order valence-corrected chi connectivity index (χ3v) is 7.38. The summed E-state index contributed by atoms with van der Waals surface area (Å²) in [5.74, 6) is 0.201. The number of benzene rings is 2. The highest BCUT2D eigenvalue weighted by Gasteiger charge is 2.54. The van der Waals surface area contributed by atoms with Gasteiger partial charge < -0.3 is 10.2 Å². The fourth-order valence-electron chi connectivity index (χ4n) is 4.66. The van der Waals surface area contributed by atoms with Crippen molar-refractivity contribution in [1.29, 1.82) is 0 Å². The molecule has 1 aliphatic heterocycles. The Hall–Kier alpha value is -3.06. The lowest BCUT2D eigenvalue weighted by atomic mass is 10.1. The molecule has 164 valence electrons. The predicted octanol–water partition coefficient (Wildman–Crippen LogP) is 4.46. The molecule has 1 N–H and O–H groups in total. The van der Waals surface area contributed by atoms with E-state index >= 15 is 0 Å². The smallest absolute Gasteiger partial charge is 0.274 e. The highest BCUT2D eigenvalue weighted by molar-refractivity contribution is 7.15. The summed E-state index contributed by atoms with van der Waals surface area (Å²) in [6, 6.07) is 13.5. The molecule has 1 saturated heterocycles. The summed E-state index contributed by atoms with van der Waals surface area (Å²) in [4.78, 5) is 33.5. The van der Waals surface area contributed by atoms with Gasteiger partial charge in [-0.2, -0.15) is 0 Å². The number of fused-ring (bicyclic) bond motifs is 1. The molecular formula is C25H24FN3O2S. The van der Waals surface area contributed by atoms with Crippen molar-refractivity contribution in [2.24, 2.45) is 11.8 Å². The van der Waals surface area contributed by atoms with Crippen LogP contribution >= 0.6 is 11.3 Å². The lowest BCUT2D eigenvalue weighted by Crippen LogP contribution is -2.45. The summed E-state index contributed by atoms with van der Waals surface area (Å²) in [6.07, 6.45) is 1.09. The quantitative estimate of drug-likeness (QED) is 0.626. The van der Waals surface area contributed by atoms with E-state index in [4.69, 9.17) is 0 Å². The summed E-state index contributed by atoms with van der Waals surface area (Å²) >= 11 is 1.53. The Morgan fingerprint density at radius 1 is 1.19 bits per heavy atom. The normalized spacial score (nSPS) is 21.3. The van der Waals surface area contributed by atoms with Crippen LogP contribution in [0.25, 0.3) is 10.4 Å². The first-order valence-corrected chi connectivity index (χ1v) is 11.6. The summed E-state index contributed by atoms with van der Waals surface area (Å²) < 4.78 is 13.1. The van der Waals surface area contributed by atoms with Gasteiger partial charge in [0.1, 0.15) is 11.5 Å². The molecule has 2 amide bonds. The van der Waals surface area contributed by atoms with Crippen molar-refractivity contribution in [1.82, 2.24) is 15.2 Å². The van der Waals surface area contributed by atoms with Crippen LogP contribution in [0.4, 0.5) is 4.39 Å². The van der Waals surface area contributed by atoms with Gasteiger partial charge in [0, 0.05) is 18.7 Å². The second kappa shape index (κ2) is 8.13. The largest absolute Gasteiger partial charge is 0.350 e. The van der Waals surface area contributed by atoms with E-state index in [1.54, 1.807) is 0 Å². The van der Waals surface area contributed by atoms with Crippen LogP contribution in [0.1, 0.15) is 37.8 Å². The minimum atomic E-state index is -0.377. The van der Waals surface area contributed by atoms with Crippen LogP contribution in [-0.2, 0) is 0 Å². The van der Waals surface area contributed by atoms with Crippen LogP contribution in [0.2, 0.25) is 0 Å². The Balaban J connectivity index is 1.35. The molecule has 3 aromatic rings. The maximum Gasteiger partial charge on any atom is 0.274 e. The molecular weight excluding hydrogens is 425 g/mol. The number of likely N-dealkylation sites (tertiary alicyclic amines) is 1. The molecule has 2 fully saturated rings. The number of thiazole rings is 1. The predicted molar refractivity (Wildman–Crippen MR) is 122 cm³/mol. The third kappa shape index (κ3) is 3.93. The number of piperidine rings is 1. The number of aromatic nitrogens is 1. The lowest BCUT2D eigenvalue weighted by Gasteiger charge is -2.27. The van der Waals surface area contributed by atoms with E-state index in [1.165, 1.54) is 35.6 Å². The number of hydrogen-bond donors (Lipinski definition) is 1. The van der Waals surface area contributed by atoms with Gasteiger partial charge in [-0.3, -0.25) is 9.59 Å². The summed E-state index contributed by atoms with van der Waals surface area (Å²) in [6.45, 7) is 5.03. The molecule has 2 aliphatic rings. The molecule has 5 nitrogen and oxygen atoms in total. The summed E-state index contributed by atoms with van der Waals surface area (Å²) in [7, 11) is 0. The number of hydrogen-bond acceptors (Lipinski definition) is 4. The van der Waals surface area contributed by atoms with E-state index in [-0.39, 0.29) is 23.7 Å².